The molecule has 0 amide bonds. The zero-order chi connectivity index (χ0) is 20.4. The number of ether oxygens (including phenoxy) is 1. The minimum atomic E-state index is -0.731. The van der Waals surface area contributed by atoms with Crippen LogP contribution in [0, 0.1) is 23.7 Å². The number of carboxylic acid groups (broad SMARTS) is 1. The molecule has 2 fully saturated rings. The van der Waals surface area contributed by atoms with E-state index in [1.54, 1.807) is 6.92 Å². The summed E-state index contributed by atoms with van der Waals surface area (Å²) in [5.41, 5.74) is 0. The number of thiocarbonyl (C=S) groups is 2. The standard InChI is InChI=1S/C21H30N2O3S2/c1-2-3-9-19(27)23-14-20(28)22-13-16-15(17-11-12-18(16)26-17)8-6-4-5-7-10-21(24)25/h4,6,15-18H,5,7-14H2,1H3,(H,22,28)(H,23,27)(H,24,25)/b6-4-/t15-,16+,17-,18+/m0/s1. The molecule has 2 rings (SSSR count). The lowest BCUT2D eigenvalue weighted by Gasteiger charge is -2.28. The van der Waals surface area contributed by atoms with Crippen LogP contribution in [0.2, 0.25) is 0 Å². The Hall–Kier alpha value is -1.49. The van der Waals surface area contributed by atoms with Crippen molar-refractivity contribution in [2.24, 2.45) is 11.8 Å². The molecular weight excluding hydrogens is 392 g/mol. The Bertz CT molecular complexity index is 654. The van der Waals surface area contributed by atoms with Gasteiger partial charge in [0, 0.05) is 18.9 Å². The Balaban J connectivity index is 1.72. The summed E-state index contributed by atoms with van der Waals surface area (Å²) in [6.07, 6.45) is 10.5. The molecule has 0 aromatic heterocycles. The van der Waals surface area contributed by atoms with Crippen LogP contribution in [-0.2, 0) is 9.53 Å². The number of carboxylic acids is 1. The van der Waals surface area contributed by atoms with E-state index >= 15 is 0 Å². The van der Waals surface area contributed by atoms with E-state index in [9.17, 15) is 4.79 Å². The summed E-state index contributed by atoms with van der Waals surface area (Å²) in [4.78, 5) is 12.0. The largest absolute Gasteiger partial charge is 0.481 e. The highest BCUT2D eigenvalue weighted by Crippen LogP contribution is 2.44. The lowest BCUT2D eigenvalue weighted by Crippen LogP contribution is -2.41. The lowest BCUT2D eigenvalue weighted by atomic mass is 9.77. The summed E-state index contributed by atoms with van der Waals surface area (Å²) in [6, 6.07) is 0. The number of fused-ring (bicyclic) bond motifs is 2. The van der Waals surface area contributed by atoms with Crippen LogP contribution < -0.4 is 10.6 Å². The van der Waals surface area contributed by atoms with Gasteiger partial charge in [-0.3, -0.25) is 4.79 Å². The molecule has 0 aromatic carbocycles. The van der Waals surface area contributed by atoms with Crippen LogP contribution in [0.3, 0.4) is 0 Å². The Morgan fingerprint density at radius 1 is 1.18 bits per heavy atom. The van der Waals surface area contributed by atoms with Crippen LogP contribution in [0.4, 0.5) is 0 Å². The third kappa shape index (κ3) is 7.50. The van der Waals surface area contributed by atoms with E-state index in [2.05, 4.69) is 34.6 Å². The number of allylic oxidation sites excluding steroid dienone is 2. The maximum absolute atomic E-state index is 10.6. The van der Waals surface area contributed by atoms with Crippen LogP contribution in [0.1, 0.15) is 51.9 Å². The molecule has 2 heterocycles. The van der Waals surface area contributed by atoms with Gasteiger partial charge in [0.15, 0.2) is 0 Å². The smallest absolute Gasteiger partial charge is 0.303 e. The number of hydrogen-bond donors (Lipinski definition) is 3. The minimum absolute atomic E-state index is 0.230. The van der Waals surface area contributed by atoms with Gasteiger partial charge >= 0.3 is 5.97 Å². The van der Waals surface area contributed by atoms with E-state index in [4.69, 9.17) is 34.3 Å². The van der Waals surface area contributed by atoms with Crippen molar-refractivity contribution in [2.45, 2.75) is 64.1 Å². The molecule has 3 N–H and O–H groups in total. The second-order valence-electron chi connectivity index (χ2n) is 7.30. The van der Waals surface area contributed by atoms with Gasteiger partial charge in [-0.05, 0) is 44.9 Å². The van der Waals surface area contributed by atoms with Gasteiger partial charge in [0.25, 0.3) is 0 Å². The first kappa shape index (κ1) is 22.8. The van der Waals surface area contributed by atoms with Crippen LogP contribution in [0.15, 0.2) is 12.2 Å². The first-order chi connectivity index (χ1) is 13.5. The summed E-state index contributed by atoms with van der Waals surface area (Å²) >= 11 is 10.7. The monoisotopic (exact) mass is 422 g/mol. The Morgan fingerprint density at radius 3 is 2.64 bits per heavy atom. The second-order valence-corrected chi connectivity index (χ2v) is 8.28. The highest BCUT2D eigenvalue weighted by atomic mass is 32.1. The third-order valence-electron chi connectivity index (χ3n) is 5.33. The minimum Gasteiger partial charge on any atom is -0.481 e. The number of rotatable bonds is 11. The van der Waals surface area contributed by atoms with Gasteiger partial charge in [0.2, 0.25) is 0 Å². The molecule has 0 unspecified atom stereocenters. The summed E-state index contributed by atoms with van der Waals surface area (Å²) in [7, 11) is 0. The van der Waals surface area contributed by atoms with E-state index in [1.165, 1.54) is 0 Å². The zero-order valence-corrected chi connectivity index (χ0v) is 18.0. The Morgan fingerprint density at radius 2 is 1.93 bits per heavy atom. The molecule has 2 saturated heterocycles. The van der Waals surface area contributed by atoms with E-state index in [-0.39, 0.29) is 6.42 Å². The van der Waals surface area contributed by atoms with Crippen molar-refractivity contribution < 1.29 is 14.6 Å². The molecule has 5 nitrogen and oxygen atoms in total. The van der Waals surface area contributed by atoms with Crippen molar-refractivity contribution >= 4 is 40.4 Å². The highest BCUT2D eigenvalue weighted by molar-refractivity contribution is 7.80. The summed E-state index contributed by atoms with van der Waals surface area (Å²) in [5, 5.41) is 15.2. The number of nitrogens with one attached hydrogen (secondary N) is 2. The van der Waals surface area contributed by atoms with Gasteiger partial charge in [-0.2, -0.15) is 0 Å². The van der Waals surface area contributed by atoms with Crippen molar-refractivity contribution in [3.63, 3.8) is 0 Å². The van der Waals surface area contributed by atoms with Gasteiger partial charge in [-0.15, -0.1) is 5.92 Å². The normalized spacial score (nSPS) is 25.3. The van der Waals surface area contributed by atoms with Crippen LogP contribution >= 0.6 is 24.4 Å². The van der Waals surface area contributed by atoms with E-state index in [0.29, 0.717) is 48.4 Å². The zero-order valence-electron chi connectivity index (χ0n) is 16.4. The molecule has 0 radical (unpaired) electrons. The van der Waals surface area contributed by atoms with Crippen LogP contribution in [0.25, 0.3) is 0 Å². The van der Waals surface area contributed by atoms with Gasteiger partial charge in [-0.1, -0.05) is 42.5 Å². The quantitative estimate of drug-likeness (QED) is 0.204. The molecule has 2 bridgehead atoms. The highest BCUT2D eigenvalue weighted by Gasteiger charge is 2.47. The molecule has 7 heteroatoms. The second kappa shape index (κ2) is 12.2. The Kier molecular flexibility index (Phi) is 9.89. The number of unbranched alkanes of at least 4 members (excludes halogenated alkanes) is 1. The third-order valence-corrected chi connectivity index (χ3v) is 5.91. The van der Waals surface area contributed by atoms with Crippen molar-refractivity contribution in [1.29, 1.82) is 0 Å². The first-order valence-electron chi connectivity index (χ1n) is 9.96. The van der Waals surface area contributed by atoms with Crippen molar-refractivity contribution in [3.05, 3.63) is 12.2 Å². The topological polar surface area (TPSA) is 70.6 Å². The van der Waals surface area contributed by atoms with Gasteiger partial charge in [0.1, 0.15) is 0 Å². The van der Waals surface area contributed by atoms with Gasteiger partial charge < -0.3 is 20.5 Å². The predicted molar refractivity (Wildman–Crippen MR) is 119 cm³/mol. The average Bonchev–Trinajstić information content (AvgIpc) is 3.27. The molecule has 0 aromatic rings. The van der Waals surface area contributed by atoms with Crippen LogP contribution in [0.5, 0.6) is 0 Å². The van der Waals surface area contributed by atoms with Crippen molar-refractivity contribution in [3.8, 4) is 11.8 Å². The Labute approximate surface area is 178 Å². The summed E-state index contributed by atoms with van der Waals surface area (Å²) in [6.45, 7) is 3.16. The molecule has 0 spiro atoms. The van der Waals surface area contributed by atoms with Crippen molar-refractivity contribution in [2.75, 3.05) is 13.1 Å². The molecular formula is C21H30N2O3S2. The lowest BCUT2D eigenvalue weighted by molar-refractivity contribution is -0.137. The number of carbonyl (C=O) groups is 1. The van der Waals surface area contributed by atoms with E-state index in [0.717, 1.165) is 37.2 Å². The molecule has 2 aliphatic heterocycles. The summed E-state index contributed by atoms with van der Waals surface area (Å²) < 4.78 is 6.14. The fourth-order valence-electron chi connectivity index (χ4n) is 3.93. The fourth-order valence-corrected chi connectivity index (χ4v) is 4.23. The molecule has 4 atom stereocenters. The van der Waals surface area contributed by atoms with E-state index < -0.39 is 5.97 Å². The number of aliphatic carboxylic acids is 1. The van der Waals surface area contributed by atoms with Gasteiger partial charge in [0.05, 0.1) is 35.2 Å². The number of hydrogen-bond acceptors (Lipinski definition) is 4. The average molecular weight is 423 g/mol. The molecule has 28 heavy (non-hydrogen) atoms. The van der Waals surface area contributed by atoms with Crippen LogP contribution in [-0.4, -0.2) is 46.4 Å². The van der Waals surface area contributed by atoms with Gasteiger partial charge in [-0.25, -0.2) is 0 Å². The molecule has 0 saturated carbocycles. The predicted octanol–water partition coefficient (Wildman–Crippen LogP) is 3.23. The first-order valence-corrected chi connectivity index (χ1v) is 10.8. The molecule has 0 aliphatic carbocycles. The van der Waals surface area contributed by atoms with E-state index in [1.807, 2.05) is 0 Å². The SMILES string of the molecule is CC#CCC(=S)NCC(=S)NC[C@@H]1[C@H](C/C=C\CCCC(=O)O)[C@@H]2CC[C@H]1O2. The molecule has 2 aliphatic rings. The maximum Gasteiger partial charge on any atom is 0.303 e. The fraction of sp³-hybridized carbons (Fsp3) is 0.667. The maximum atomic E-state index is 10.6. The molecule has 154 valence electrons. The summed E-state index contributed by atoms with van der Waals surface area (Å²) in [5.74, 6) is 6.00. The van der Waals surface area contributed by atoms with Crippen molar-refractivity contribution in [1.82, 2.24) is 10.6 Å².